The smallest absolute Gasteiger partial charge is 0.287 e. The molecule has 3 aromatic carbocycles. The second kappa shape index (κ2) is 9.50. The number of methoxy groups -OCH3 is 1. The number of aryl methyl sites for hydroxylation is 1. The van der Waals surface area contributed by atoms with Crippen molar-refractivity contribution < 1.29 is 23.6 Å². The lowest BCUT2D eigenvalue weighted by Gasteiger charge is -2.21. The molecule has 0 heterocycles. The van der Waals surface area contributed by atoms with Crippen LogP contribution in [-0.2, 0) is 4.79 Å². The van der Waals surface area contributed by atoms with Gasteiger partial charge >= 0.3 is 0 Å². The summed E-state index contributed by atoms with van der Waals surface area (Å²) < 4.78 is 32.9. The minimum Gasteiger partial charge on any atom is -0.495 e. The van der Waals surface area contributed by atoms with E-state index < -0.39 is 23.7 Å². The van der Waals surface area contributed by atoms with E-state index in [2.05, 4.69) is 5.32 Å². The van der Waals surface area contributed by atoms with Gasteiger partial charge in [-0.05, 0) is 43.7 Å². The summed E-state index contributed by atoms with van der Waals surface area (Å²) in [6.45, 7) is 3.71. The van der Waals surface area contributed by atoms with Crippen LogP contribution in [0.25, 0.3) is 0 Å². The predicted octanol–water partition coefficient (Wildman–Crippen LogP) is 4.29. The molecule has 0 saturated heterocycles. The first-order valence-electron chi connectivity index (χ1n) is 9.69. The first kappa shape index (κ1) is 21.5. The number of amides is 1. The zero-order valence-electron chi connectivity index (χ0n) is 17.2. The van der Waals surface area contributed by atoms with Crippen LogP contribution in [0.1, 0.15) is 35.7 Å². The van der Waals surface area contributed by atoms with Gasteiger partial charge < -0.3 is 15.4 Å². The standard InChI is InChI=1S/C24H24F2N2O2/c1-15-9-12-22(30-3)21(13-15)28-24(29)23(17-7-5-4-6-8-17)27-16(2)19-11-10-18(25)14-20(19)26/h4-14,16,23,27H,1-3H3,(H,28,29)/p+1/t16-,23+/m1/s1. The Morgan fingerprint density at radius 2 is 1.77 bits per heavy atom. The molecule has 0 spiro atoms. The van der Waals surface area contributed by atoms with Gasteiger partial charge in [0.05, 0.1) is 12.8 Å². The van der Waals surface area contributed by atoms with Gasteiger partial charge in [0.2, 0.25) is 0 Å². The van der Waals surface area contributed by atoms with E-state index in [1.165, 1.54) is 12.1 Å². The van der Waals surface area contributed by atoms with Crippen molar-refractivity contribution in [1.82, 2.24) is 0 Å². The number of nitrogens with two attached hydrogens (primary N) is 1. The molecule has 1 amide bonds. The molecule has 0 fully saturated rings. The number of anilines is 1. The molecule has 4 nitrogen and oxygen atoms in total. The highest BCUT2D eigenvalue weighted by Crippen LogP contribution is 2.26. The predicted molar refractivity (Wildman–Crippen MR) is 112 cm³/mol. The number of benzene rings is 3. The SMILES string of the molecule is COc1ccc(C)cc1NC(=O)[C@@H]([NH2+][C@H](C)c1ccc(F)cc1F)c1ccccc1. The van der Waals surface area contributed by atoms with Crippen molar-refractivity contribution in [2.45, 2.75) is 25.9 Å². The minimum absolute atomic E-state index is 0.264. The largest absolute Gasteiger partial charge is 0.495 e. The van der Waals surface area contributed by atoms with Gasteiger partial charge in [0.15, 0.2) is 6.04 Å². The van der Waals surface area contributed by atoms with Crippen molar-refractivity contribution in [1.29, 1.82) is 0 Å². The average molecular weight is 411 g/mol. The zero-order chi connectivity index (χ0) is 21.7. The Kier molecular flexibility index (Phi) is 6.79. The van der Waals surface area contributed by atoms with Crippen LogP contribution in [0.3, 0.4) is 0 Å². The molecule has 0 aromatic heterocycles. The lowest BCUT2D eigenvalue weighted by atomic mass is 10.0. The summed E-state index contributed by atoms with van der Waals surface area (Å²) in [5.74, 6) is -0.975. The highest BCUT2D eigenvalue weighted by molar-refractivity contribution is 5.95. The molecule has 3 aromatic rings. The molecule has 3 N–H and O–H groups in total. The van der Waals surface area contributed by atoms with Crippen molar-refractivity contribution in [2.75, 3.05) is 12.4 Å². The van der Waals surface area contributed by atoms with Crippen LogP contribution in [0.15, 0.2) is 66.7 Å². The number of rotatable bonds is 7. The molecule has 0 bridgehead atoms. The summed E-state index contributed by atoms with van der Waals surface area (Å²) in [7, 11) is 1.54. The summed E-state index contributed by atoms with van der Waals surface area (Å²) in [4.78, 5) is 13.2. The molecular weight excluding hydrogens is 386 g/mol. The van der Waals surface area contributed by atoms with E-state index >= 15 is 0 Å². The fourth-order valence-corrected chi connectivity index (χ4v) is 3.40. The Bertz CT molecular complexity index is 1020. The molecule has 0 radical (unpaired) electrons. The second-order valence-corrected chi connectivity index (χ2v) is 7.23. The lowest BCUT2D eigenvalue weighted by molar-refractivity contribution is -0.719. The normalized spacial score (nSPS) is 12.8. The van der Waals surface area contributed by atoms with Gasteiger partial charge in [-0.3, -0.25) is 4.79 Å². The van der Waals surface area contributed by atoms with E-state index in [4.69, 9.17) is 4.74 Å². The lowest BCUT2D eigenvalue weighted by Crippen LogP contribution is -2.87. The highest BCUT2D eigenvalue weighted by Gasteiger charge is 2.28. The van der Waals surface area contributed by atoms with Crippen LogP contribution < -0.4 is 15.4 Å². The van der Waals surface area contributed by atoms with Crippen LogP contribution in [-0.4, -0.2) is 13.0 Å². The Balaban J connectivity index is 1.89. The Hall–Kier alpha value is -3.25. The maximum absolute atomic E-state index is 14.3. The molecule has 3 rings (SSSR count). The number of nitrogens with one attached hydrogen (secondary N) is 1. The van der Waals surface area contributed by atoms with Crippen molar-refractivity contribution >= 4 is 11.6 Å². The summed E-state index contributed by atoms with van der Waals surface area (Å²) in [6, 6.07) is 17.2. The van der Waals surface area contributed by atoms with Gasteiger partial charge in [0, 0.05) is 17.2 Å². The molecule has 30 heavy (non-hydrogen) atoms. The molecule has 0 unspecified atom stereocenters. The van der Waals surface area contributed by atoms with E-state index in [9.17, 15) is 13.6 Å². The molecular formula is C24H25F2N2O2+. The van der Waals surface area contributed by atoms with Crippen molar-refractivity contribution in [3.05, 3.63) is 95.1 Å². The molecule has 2 atom stereocenters. The third kappa shape index (κ3) is 5.02. The number of hydrogen-bond acceptors (Lipinski definition) is 2. The molecule has 0 saturated carbocycles. The van der Waals surface area contributed by atoms with Gasteiger partial charge in [-0.25, -0.2) is 8.78 Å². The van der Waals surface area contributed by atoms with Gasteiger partial charge in [-0.15, -0.1) is 0 Å². The van der Waals surface area contributed by atoms with Crippen molar-refractivity contribution in [2.24, 2.45) is 0 Å². The summed E-state index contributed by atoms with van der Waals surface area (Å²) in [5, 5.41) is 4.70. The summed E-state index contributed by atoms with van der Waals surface area (Å²) >= 11 is 0. The van der Waals surface area contributed by atoms with Crippen LogP contribution in [0.5, 0.6) is 5.75 Å². The number of carbonyl (C=O) groups is 1. The number of ether oxygens (including phenoxy) is 1. The van der Waals surface area contributed by atoms with E-state index in [1.54, 1.807) is 25.4 Å². The third-order valence-electron chi connectivity index (χ3n) is 4.99. The first-order valence-corrected chi connectivity index (χ1v) is 9.69. The van der Waals surface area contributed by atoms with Gasteiger partial charge in [0.25, 0.3) is 5.91 Å². The molecule has 6 heteroatoms. The second-order valence-electron chi connectivity index (χ2n) is 7.23. The fourth-order valence-electron chi connectivity index (χ4n) is 3.40. The Morgan fingerprint density at radius 3 is 2.43 bits per heavy atom. The zero-order valence-corrected chi connectivity index (χ0v) is 17.2. The van der Waals surface area contributed by atoms with E-state index in [1.807, 2.05) is 49.4 Å². The first-order chi connectivity index (χ1) is 14.4. The van der Waals surface area contributed by atoms with Gasteiger partial charge in [-0.2, -0.15) is 0 Å². The minimum atomic E-state index is -0.643. The average Bonchev–Trinajstić information content (AvgIpc) is 2.72. The number of halogens is 2. The van der Waals surface area contributed by atoms with Crippen molar-refractivity contribution in [3.63, 3.8) is 0 Å². The van der Waals surface area contributed by atoms with Crippen LogP contribution in [0.2, 0.25) is 0 Å². The quantitative estimate of drug-likeness (QED) is 0.610. The van der Waals surface area contributed by atoms with E-state index in [0.29, 0.717) is 17.0 Å². The monoisotopic (exact) mass is 411 g/mol. The molecule has 0 aliphatic rings. The topological polar surface area (TPSA) is 54.9 Å². The summed E-state index contributed by atoms with van der Waals surface area (Å²) in [5.41, 5.74) is 2.65. The van der Waals surface area contributed by atoms with Crippen molar-refractivity contribution in [3.8, 4) is 5.75 Å². The number of hydrogen-bond donors (Lipinski definition) is 2. The fraction of sp³-hybridized carbons (Fsp3) is 0.208. The Morgan fingerprint density at radius 1 is 1.03 bits per heavy atom. The maximum atomic E-state index is 14.3. The highest BCUT2D eigenvalue weighted by atomic mass is 19.1. The number of quaternary nitrogens is 1. The third-order valence-corrected chi connectivity index (χ3v) is 4.99. The number of carbonyl (C=O) groups excluding carboxylic acids is 1. The Labute approximate surface area is 174 Å². The summed E-state index contributed by atoms with van der Waals surface area (Å²) in [6.07, 6.45) is 0. The van der Waals surface area contributed by atoms with Crippen LogP contribution in [0.4, 0.5) is 14.5 Å². The van der Waals surface area contributed by atoms with E-state index in [-0.39, 0.29) is 5.91 Å². The van der Waals surface area contributed by atoms with Crippen LogP contribution >= 0.6 is 0 Å². The molecule has 0 aliphatic heterocycles. The van der Waals surface area contributed by atoms with E-state index in [0.717, 1.165) is 17.2 Å². The molecule has 156 valence electrons. The van der Waals surface area contributed by atoms with Crippen LogP contribution in [0, 0.1) is 18.6 Å². The maximum Gasteiger partial charge on any atom is 0.287 e. The molecule has 0 aliphatic carbocycles. The van der Waals surface area contributed by atoms with Gasteiger partial charge in [-0.1, -0.05) is 36.4 Å². The van der Waals surface area contributed by atoms with Gasteiger partial charge in [0.1, 0.15) is 23.4 Å².